The highest BCUT2D eigenvalue weighted by molar-refractivity contribution is 5.98. The molecule has 126 valence electrons. The Kier molecular flexibility index (Phi) is 5.18. The second-order valence-electron chi connectivity index (χ2n) is 5.56. The van der Waals surface area contributed by atoms with Crippen LogP contribution in [-0.2, 0) is 0 Å². The molecule has 0 radical (unpaired) electrons. The molecule has 0 fully saturated rings. The van der Waals surface area contributed by atoms with Crippen molar-refractivity contribution in [3.8, 4) is 5.75 Å². The van der Waals surface area contributed by atoms with E-state index in [0.717, 1.165) is 5.56 Å². The number of nitro benzene ring substituents is 1. The van der Waals surface area contributed by atoms with E-state index in [1.807, 2.05) is 31.2 Å². The molecule has 0 aliphatic rings. The number of rotatable bonds is 5. The van der Waals surface area contributed by atoms with Crippen LogP contribution in [0.15, 0.2) is 42.5 Å². The van der Waals surface area contributed by atoms with Crippen molar-refractivity contribution in [3.05, 3.63) is 69.3 Å². The van der Waals surface area contributed by atoms with Gasteiger partial charge in [-0.1, -0.05) is 30.3 Å². The minimum Gasteiger partial charge on any atom is -0.496 e. The number of carbonyl (C=O) groups excluding carboxylic acids is 1. The molecular formula is C18H20N2O4. The van der Waals surface area contributed by atoms with Crippen LogP contribution in [0, 0.1) is 17.0 Å². The van der Waals surface area contributed by atoms with Gasteiger partial charge in [0, 0.05) is 18.2 Å². The van der Waals surface area contributed by atoms with Crippen LogP contribution in [0.5, 0.6) is 5.75 Å². The van der Waals surface area contributed by atoms with E-state index in [1.54, 1.807) is 33.2 Å². The number of amides is 1. The van der Waals surface area contributed by atoms with Crippen LogP contribution in [-0.4, -0.2) is 29.9 Å². The molecule has 0 saturated carbocycles. The van der Waals surface area contributed by atoms with Crippen molar-refractivity contribution in [2.75, 3.05) is 14.2 Å². The van der Waals surface area contributed by atoms with Gasteiger partial charge in [0.25, 0.3) is 11.6 Å². The van der Waals surface area contributed by atoms with Gasteiger partial charge in [-0.2, -0.15) is 0 Å². The van der Waals surface area contributed by atoms with Crippen molar-refractivity contribution in [1.82, 2.24) is 4.90 Å². The first-order valence-corrected chi connectivity index (χ1v) is 7.52. The molecule has 24 heavy (non-hydrogen) atoms. The predicted molar refractivity (Wildman–Crippen MR) is 91.3 cm³/mol. The average molecular weight is 328 g/mol. The summed E-state index contributed by atoms with van der Waals surface area (Å²) in [6, 6.07) is 11.9. The Bertz CT molecular complexity index is 773. The number of hydrogen-bond donors (Lipinski definition) is 0. The Morgan fingerprint density at radius 3 is 2.50 bits per heavy atom. The fourth-order valence-electron chi connectivity index (χ4n) is 2.66. The summed E-state index contributed by atoms with van der Waals surface area (Å²) in [6.45, 7) is 3.48. The summed E-state index contributed by atoms with van der Waals surface area (Å²) in [4.78, 5) is 25.1. The van der Waals surface area contributed by atoms with Gasteiger partial charge in [0.1, 0.15) is 11.3 Å². The highest BCUT2D eigenvalue weighted by atomic mass is 16.6. The average Bonchev–Trinajstić information content (AvgIpc) is 2.59. The van der Waals surface area contributed by atoms with E-state index in [2.05, 4.69) is 0 Å². The highest BCUT2D eigenvalue weighted by Gasteiger charge is 2.28. The van der Waals surface area contributed by atoms with Gasteiger partial charge in [-0.25, -0.2) is 0 Å². The zero-order valence-electron chi connectivity index (χ0n) is 14.1. The molecule has 0 heterocycles. The Morgan fingerprint density at radius 2 is 1.88 bits per heavy atom. The summed E-state index contributed by atoms with van der Waals surface area (Å²) in [5.41, 5.74) is 1.24. The number of hydrogen-bond acceptors (Lipinski definition) is 4. The van der Waals surface area contributed by atoms with E-state index in [0.29, 0.717) is 11.3 Å². The molecule has 0 aliphatic heterocycles. The van der Waals surface area contributed by atoms with Crippen LogP contribution in [0.25, 0.3) is 0 Å². The maximum atomic E-state index is 12.8. The van der Waals surface area contributed by atoms with E-state index in [9.17, 15) is 14.9 Å². The fourth-order valence-corrected chi connectivity index (χ4v) is 2.66. The zero-order valence-corrected chi connectivity index (χ0v) is 14.1. The van der Waals surface area contributed by atoms with Crippen LogP contribution < -0.4 is 4.74 Å². The quantitative estimate of drug-likeness (QED) is 0.619. The SMILES string of the molecule is COc1ccccc1[C@H](C)N(C)C(=O)c1cccc(C)c1[N+](=O)[O-]. The van der Waals surface area contributed by atoms with E-state index in [4.69, 9.17) is 4.74 Å². The van der Waals surface area contributed by atoms with Crippen LogP contribution in [0.1, 0.15) is 34.5 Å². The zero-order chi connectivity index (χ0) is 17.9. The summed E-state index contributed by atoms with van der Waals surface area (Å²) in [7, 11) is 3.20. The third-order valence-electron chi connectivity index (χ3n) is 4.14. The Labute approximate surface area is 140 Å². The number of nitrogens with zero attached hydrogens (tertiary/aromatic N) is 2. The molecule has 0 spiro atoms. The number of methoxy groups -OCH3 is 1. The summed E-state index contributed by atoms with van der Waals surface area (Å²) < 4.78 is 5.34. The van der Waals surface area contributed by atoms with Gasteiger partial charge in [0.05, 0.1) is 18.1 Å². The summed E-state index contributed by atoms with van der Waals surface area (Å²) in [5, 5.41) is 11.3. The molecule has 0 bridgehead atoms. The summed E-state index contributed by atoms with van der Waals surface area (Å²) >= 11 is 0. The lowest BCUT2D eigenvalue weighted by molar-refractivity contribution is -0.385. The van der Waals surface area contributed by atoms with E-state index in [1.165, 1.54) is 11.0 Å². The van der Waals surface area contributed by atoms with Gasteiger partial charge in [-0.15, -0.1) is 0 Å². The largest absolute Gasteiger partial charge is 0.496 e. The molecule has 0 aliphatic carbocycles. The van der Waals surface area contributed by atoms with Gasteiger partial charge >= 0.3 is 0 Å². The van der Waals surface area contributed by atoms with Gasteiger partial charge in [0.2, 0.25) is 0 Å². The number of carbonyl (C=O) groups is 1. The third-order valence-corrected chi connectivity index (χ3v) is 4.14. The highest BCUT2D eigenvalue weighted by Crippen LogP contribution is 2.31. The Morgan fingerprint density at radius 1 is 1.21 bits per heavy atom. The maximum Gasteiger partial charge on any atom is 0.285 e. The Hall–Kier alpha value is -2.89. The molecule has 1 amide bonds. The van der Waals surface area contributed by atoms with Crippen LogP contribution in [0.2, 0.25) is 0 Å². The second-order valence-corrected chi connectivity index (χ2v) is 5.56. The second kappa shape index (κ2) is 7.12. The first-order valence-electron chi connectivity index (χ1n) is 7.52. The van der Waals surface area contributed by atoms with E-state index < -0.39 is 10.8 Å². The first-order chi connectivity index (χ1) is 11.4. The number of aryl methyl sites for hydroxylation is 1. The van der Waals surface area contributed by atoms with Crippen molar-refractivity contribution >= 4 is 11.6 Å². The topological polar surface area (TPSA) is 72.7 Å². The Balaban J connectivity index is 2.40. The standard InChI is InChI=1S/C18H20N2O4/c1-12-8-7-10-15(17(12)20(22)23)18(21)19(3)13(2)14-9-5-6-11-16(14)24-4/h5-11,13H,1-4H3/t13-/m0/s1. The number of para-hydroxylation sites is 2. The lowest BCUT2D eigenvalue weighted by atomic mass is 10.0. The first kappa shape index (κ1) is 17.5. The lowest BCUT2D eigenvalue weighted by Gasteiger charge is -2.26. The van der Waals surface area contributed by atoms with Gasteiger partial charge in [-0.3, -0.25) is 14.9 Å². The molecule has 0 aromatic heterocycles. The monoisotopic (exact) mass is 328 g/mol. The van der Waals surface area contributed by atoms with Crippen molar-refractivity contribution in [3.63, 3.8) is 0 Å². The minimum atomic E-state index is -0.510. The normalized spacial score (nSPS) is 11.7. The minimum absolute atomic E-state index is 0.0873. The van der Waals surface area contributed by atoms with Crippen molar-refractivity contribution in [2.45, 2.75) is 19.9 Å². The molecule has 6 nitrogen and oxygen atoms in total. The molecule has 0 saturated heterocycles. The molecule has 1 atom stereocenters. The van der Waals surface area contributed by atoms with Gasteiger partial charge < -0.3 is 9.64 Å². The molecular weight excluding hydrogens is 308 g/mol. The van der Waals surface area contributed by atoms with Crippen LogP contribution in [0.4, 0.5) is 5.69 Å². The van der Waals surface area contributed by atoms with Crippen molar-refractivity contribution < 1.29 is 14.5 Å². The number of ether oxygens (including phenoxy) is 1. The van der Waals surface area contributed by atoms with Crippen molar-refractivity contribution in [1.29, 1.82) is 0 Å². The van der Waals surface area contributed by atoms with Gasteiger partial charge in [0.15, 0.2) is 0 Å². The third kappa shape index (κ3) is 3.22. The van der Waals surface area contributed by atoms with Crippen LogP contribution >= 0.6 is 0 Å². The lowest BCUT2D eigenvalue weighted by Crippen LogP contribution is -2.30. The van der Waals surface area contributed by atoms with E-state index in [-0.39, 0.29) is 17.3 Å². The molecule has 0 N–H and O–H groups in total. The van der Waals surface area contributed by atoms with Crippen LogP contribution in [0.3, 0.4) is 0 Å². The number of benzene rings is 2. The molecule has 2 rings (SSSR count). The predicted octanol–water partition coefficient (Wildman–Crippen LogP) is 3.75. The fraction of sp³-hybridized carbons (Fsp3) is 0.278. The molecule has 2 aromatic carbocycles. The van der Waals surface area contributed by atoms with Gasteiger partial charge in [-0.05, 0) is 26.0 Å². The summed E-state index contributed by atoms with van der Waals surface area (Å²) in [5.74, 6) is 0.271. The van der Waals surface area contributed by atoms with Crippen molar-refractivity contribution in [2.24, 2.45) is 0 Å². The summed E-state index contributed by atoms with van der Waals surface area (Å²) in [6.07, 6.45) is 0. The molecule has 2 aromatic rings. The molecule has 6 heteroatoms. The smallest absolute Gasteiger partial charge is 0.285 e. The maximum absolute atomic E-state index is 12.8. The number of nitro groups is 1. The molecule has 0 unspecified atom stereocenters. The van der Waals surface area contributed by atoms with E-state index >= 15 is 0 Å².